The molecule has 0 spiro atoms. The minimum atomic E-state index is 0.220. The van der Waals surface area contributed by atoms with E-state index < -0.39 is 0 Å². The van der Waals surface area contributed by atoms with Crippen molar-refractivity contribution < 1.29 is 5.11 Å². The average Bonchev–Trinajstić information content (AvgIpc) is 2.34. The van der Waals surface area contributed by atoms with Gasteiger partial charge in [-0.25, -0.2) is 0 Å². The lowest BCUT2D eigenvalue weighted by Crippen LogP contribution is -2.41. The van der Waals surface area contributed by atoms with Crippen molar-refractivity contribution in [1.82, 2.24) is 4.90 Å². The van der Waals surface area contributed by atoms with Crippen LogP contribution in [-0.2, 0) is 6.54 Å². The fourth-order valence-corrected chi connectivity index (χ4v) is 2.73. The van der Waals surface area contributed by atoms with E-state index in [-0.39, 0.29) is 12.6 Å². The van der Waals surface area contributed by atoms with Crippen LogP contribution in [0.4, 0.5) is 0 Å². The first-order chi connectivity index (χ1) is 8.20. The molecule has 0 aliphatic carbocycles. The summed E-state index contributed by atoms with van der Waals surface area (Å²) in [4.78, 5) is 2.29. The van der Waals surface area contributed by atoms with Crippen molar-refractivity contribution in [2.24, 2.45) is 0 Å². The molecule has 1 heterocycles. The highest BCUT2D eigenvalue weighted by atomic mass is 35.5. The maximum Gasteiger partial charge on any atom is 0.0586 e. The molecule has 0 radical (unpaired) electrons. The molecule has 0 bridgehead atoms. The zero-order chi connectivity index (χ0) is 12.3. The number of piperidine rings is 1. The molecule has 2 nitrogen and oxygen atoms in total. The van der Waals surface area contributed by atoms with Crippen molar-refractivity contribution in [2.75, 3.05) is 13.2 Å². The van der Waals surface area contributed by atoms with E-state index >= 15 is 0 Å². The van der Waals surface area contributed by atoms with E-state index in [1.165, 1.54) is 12.8 Å². The van der Waals surface area contributed by atoms with Gasteiger partial charge in [-0.2, -0.15) is 0 Å². The quantitative estimate of drug-likeness (QED) is 0.913. The van der Waals surface area contributed by atoms with Crippen LogP contribution in [0.2, 0.25) is 10.0 Å². The summed E-state index contributed by atoms with van der Waals surface area (Å²) in [6.45, 7) is 2.01. The fourth-order valence-electron chi connectivity index (χ4n) is 2.36. The van der Waals surface area contributed by atoms with Crippen LogP contribution in [0, 0.1) is 0 Å². The summed E-state index contributed by atoms with van der Waals surface area (Å²) in [5.74, 6) is 0. The van der Waals surface area contributed by atoms with Crippen LogP contribution in [-0.4, -0.2) is 29.2 Å². The number of rotatable bonds is 3. The number of nitrogens with zero attached hydrogens (tertiary/aromatic N) is 1. The van der Waals surface area contributed by atoms with Gasteiger partial charge < -0.3 is 5.11 Å². The van der Waals surface area contributed by atoms with Crippen LogP contribution in [0.25, 0.3) is 0 Å². The van der Waals surface area contributed by atoms with E-state index in [1.807, 2.05) is 12.1 Å². The van der Waals surface area contributed by atoms with Crippen molar-refractivity contribution in [3.63, 3.8) is 0 Å². The standard InChI is InChI=1S/C13H17Cl2NO/c14-11-4-5-13(15)10(7-11)8-16-6-2-1-3-12(16)9-17/h4-5,7,12,17H,1-3,6,8-9H2. The lowest BCUT2D eigenvalue weighted by atomic mass is 10.0. The first-order valence-corrected chi connectivity index (χ1v) is 6.75. The molecule has 1 unspecified atom stereocenters. The van der Waals surface area contributed by atoms with Gasteiger partial charge >= 0.3 is 0 Å². The first-order valence-electron chi connectivity index (χ1n) is 5.99. The highest BCUT2D eigenvalue weighted by Gasteiger charge is 2.22. The Bertz CT molecular complexity index is 384. The van der Waals surface area contributed by atoms with Crippen molar-refractivity contribution in [3.8, 4) is 0 Å². The van der Waals surface area contributed by atoms with E-state index in [9.17, 15) is 5.11 Å². The molecule has 1 atom stereocenters. The Hall–Kier alpha value is -0.280. The molecule has 1 N–H and O–H groups in total. The van der Waals surface area contributed by atoms with E-state index in [1.54, 1.807) is 6.07 Å². The summed E-state index contributed by atoms with van der Waals surface area (Å²) < 4.78 is 0. The molecule has 1 aromatic carbocycles. The predicted molar refractivity (Wildman–Crippen MR) is 71.6 cm³/mol. The molecule has 0 saturated carbocycles. The first kappa shape index (κ1) is 13.2. The third-order valence-electron chi connectivity index (χ3n) is 3.34. The van der Waals surface area contributed by atoms with Gasteiger partial charge in [-0.1, -0.05) is 29.6 Å². The third-order valence-corrected chi connectivity index (χ3v) is 3.94. The van der Waals surface area contributed by atoms with Gasteiger partial charge in [0.05, 0.1) is 6.61 Å². The molecule has 1 saturated heterocycles. The Morgan fingerprint density at radius 1 is 1.29 bits per heavy atom. The molecule has 1 aliphatic heterocycles. The van der Waals surface area contributed by atoms with Crippen LogP contribution < -0.4 is 0 Å². The number of aliphatic hydroxyl groups is 1. The molecule has 4 heteroatoms. The average molecular weight is 274 g/mol. The Kier molecular flexibility index (Phi) is 4.69. The second-order valence-electron chi connectivity index (χ2n) is 4.54. The topological polar surface area (TPSA) is 23.5 Å². The lowest BCUT2D eigenvalue weighted by Gasteiger charge is -2.34. The van der Waals surface area contributed by atoms with Crippen molar-refractivity contribution >= 4 is 23.2 Å². The maximum absolute atomic E-state index is 9.36. The number of benzene rings is 1. The smallest absolute Gasteiger partial charge is 0.0586 e. The van der Waals surface area contributed by atoms with Crippen LogP contribution >= 0.6 is 23.2 Å². The minimum absolute atomic E-state index is 0.220. The predicted octanol–water partition coefficient (Wildman–Crippen LogP) is 3.34. The van der Waals surface area contributed by atoms with Gasteiger partial charge in [0.2, 0.25) is 0 Å². The number of likely N-dealkylation sites (tertiary alicyclic amines) is 1. The number of hydrogen-bond donors (Lipinski definition) is 1. The number of hydrogen-bond acceptors (Lipinski definition) is 2. The Morgan fingerprint density at radius 2 is 2.12 bits per heavy atom. The van der Waals surface area contributed by atoms with Crippen LogP contribution in [0.1, 0.15) is 24.8 Å². The Labute approximate surface area is 112 Å². The summed E-state index contributed by atoms with van der Waals surface area (Å²) in [5.41, 5.74) is 1.04. The zero-order valence-corrected chi connectivity index (χ0v) is 11.2. The molecule has 94 valence electrons. The Morgan fingerprint density at radius 3 is 2.88 bits per heavy atom. The number of halogens is 2. The summed E-state index contributed by atoms with van der Waals surface area (Å²) in [6, 6.07) is 5.80. The maximum atomic E-state index is 9.36. The summed E-state index contributed by atoms with van der Waals surface area (Å²) in [6.07, 6.45) is 3.45. The second-order valence-corrected chi connectivity index (χ2v) is 5.38. The number of aliphatic hydroxyl groups excluding tert-OH is 1. The second kappa shape index (κ2) is 6.05. The molecule has 1 aliphatic rings. The fraction of sp³-hybridized carbons (Fsp3) is 0.538. The van der Waals surface area contributed by atoms with E-state index in [0.717, 1.165) is 30.1 Å². The Balaban J connectivity index is 2.10. The van der Waals surface area contributed by atoms with Gasteiger partial charge in [0.15, 0.2) is 0 Å². The van der Waals surface area contributed by atoms with Crippen molar-refractivity contribution in [1.29, 1.82) is 0 Å². The van der Waals surface area contributed by atoms with E-state index in [4.69, 9.17) is 23.2 Å². The van der Waals surface area contributed by atoms with Crippen molar-refractivity contribution in [3.05, 3.63) is 33.8 Å². The van der Waals surface area contributed by atoms with Gasteiger partial charge in [-0.3, -0.25) is 4.90 Å². The van der Waals surface area contributed by atoms with Crippen molar-refractivity contribution in [2.45, 2.75) is 31.8 Å². The normalized spacial score (nSPS) is 21.7. The van der Waals surface area contributed by atoms with Gasteiger partial charge in [0.1, 0.15) is 0 Å². The van der Waals surface area contributed by atoms with Crippen LogP contribution in [0.5, 0.6) is 0 Å². The van der Waals surface area contributed by atoms with Gasteiger partial charge in [-0.05, 0) is 43.1 Å². The third kappa shape index (κ3) is 3.35. The summed E-state index contributed by atoms with van der Waals surface area (Å²) >= 11 is 12.1. The SMILES string of the molecule is OCC1CCCCN1Cc1cc(Cl)ccc1Cl. The molecular formula is C13H17Cl2NO. The van der Waals surface area contributed by atoms with Crippen LogP contribution in [0.3, 0.4) is 0 Å². The molecule has 0 aromatic heterocycles. The molecule has 1 fully saturated rings. The van der Waals surface area contributed by atoms with Gasteiger partial charge in [0, 0.05) is 22.6 Å². The highest BCUT2D eigenvalue weighted by molar-refractivity contribution is 6.33. The summed E-state index contributed by atoms with van der Waals surface area (Å²) in [7, 11) is 0. The monoisotopic (exact) mass is 273 g/mol. The molecule has 2 rings (SSSR count). The van der Waals surface area contributed by atoms with E-state index in [2.05, 4.69) is 4.90 Å². The van der Waals surface area contributed by atoms with Gasteiger partial charge in [0.25, 0.3) is 0 Å². The van der Waals surface area contributed by atoms with Crippen LogP contribution in [0.15, 0.2) is 18.2 Å². The zero-order valence-electron chi connectivity index (χ0n) is 9.70. The molecule has 17 heavy (non-hydrogen) atoms. The molecule has 0 amide bonds. The largest absolute Gasteiger partial charge is 0.395 e. The molecular weight excluding hydrogens is 257 g/mol. The minimum Gasteiger partial charge on any atom is -0.395 e. The van der Waals surface area contributed by atoms with Gasteiger partial charge in [-0.15, -0.1) is 0 Å². The summed E-state index contributed by atoms with van der Waals surface area (Å²) in [5, 5.41) is 10.8. The molecule has 1 aromatic rings. The van der Waals surface area contributed by atoms with E-state index in [0.29, 0.717) is 5.02 Å². The highest BCUT2D eigenvalue weighted by Crippen LogP contribution is 2.25. The lowest BCUT2D eigenvalue weighted by molar-refractivity contribution is 0.0841.